The van der Waals surface area contributed by atoms with Crippen LogP contribution in [0, 0.1) is 0 Å². The van der Waals surface area contributed by atoms with Crippen LogP contribution >= 0.6 is 0 Å². The Balaban J connectivity index is 1.91. The molecule has 0 N–H and O–H groups in total. The normalized spacial score (nSPS) is 10.7. The van der Waals surface area contributed by atoms with Crippen LogP contribution in [0.25, 0.3) is 11.6 Å². The van der Waals surface area contributed by atoms with Crippen molar-refractivity contribution >= 4 is 17.6 Å². The van der Waals surface area contributed by atoms with E-state index >= 15 is 0 Å². The van der Waals surface area contributed by atoms with Crippen molar-refractivity contribution in [1.29, 1.82) is 0 Å². The van der Waals surface area contributed by atoms with Gasteiger partial charge in [-0.1, -0.05) is 147 Å². The van der Waals surface area contributed by atoms with Crippen LogP contribution in [0.1, 0.15) is 121 Å². The van der Waals surface area contributed by atoms with E-state index in [1.54, 1.807) is 6.08 Å². The van der Waals surface area contributed by atoms with Gasteiger partial charge in [0.25, 0.3) is 0 Å². The fourth-order valence-corrected chi connectivity index (χ4v) is 3.96. The van der Waals surface area contributed by atoms with Gasteiger partial charge in [-0.05, 0) is 17.5 Å². The Bertz CT molecular complexity index is 617. The minimum absolute atomic E-state index is 0.324. The number of unbranched alkanes of at least 4 members (excludes halogenated alkanes) is 15. The van der Waals surface area contributed by atoms with Gasteiger partial charge in [0.05, 0.1) is 12.2 Å². The first-order valence-corrected chi connectivity index (χ1v) is 12.8. The molecular weight excluding hydrogens is 380 g/mol. The van der Waals surface area contributed by atoms with Crippen LogP contribution < -0.4 is 0 Å². The summed E-state index contributed by atoms with van der Waals surface area (Å²) in [7, 11) is 0. The number of ether oxygens (including phenoxy) is 1. The van der Waals surface area contributed by atoms with Crippen molar-refractivity contribution in [2.45, 2.75) is 110 Å². The first-order chi connectivity index (χ1) is 15.2. The average Bonchev–Trinajstić information content (AvgIpc) is 2.80. The zero-order valence-electron chi connectivity index (χ0n) is 20.1. The molecule has 0 heterocycles. The van der Waals surface area contributed by atoms with Crippen molar-refractivity contribution in [2.75, 3.05) is 6.61 Å². The van der Waals surface area contributed by atoms with Crippen LogP contribution in [0.3, 0.4) is 0 Å². The summed E-state index contributed by atoms with van der Waals surface area (Å²) < 4.78 is 5.40. The summed E-state index contributed by atoms with van der Waals surface area (Å²) in [5.41, 5.74) is 2.12. The van der Waals surface area contributed by atoms with Crippen LogP contribution in [0.4, 0.5) is 0 Å². The molecule has 0 amide bonds. The summed E-state index contributed by atoms with van der Waals surface area (Å²) in [4.78, 5) is 12.2. The zero-order chi connectivity index (χ0) is 22.6. The molecule has 0 bridgehead atoms. The number of hydrogen-bond donors (Lipinski definition) is 0. The summed E-state index contributed by atoms with van der Waals surface area (Å²) in [6, 6.07) is 7.64. The molecule has 0 radical (unpaired) electrons. The molecule has 174 valence electrons. The Kier molecular flexibility index (Phi) is 16.6. The maximum Gasteiger partial charge on any atom is 0.338 e. The smallest absolute Gasteiger partial charge is 0.338 e. The molecule has 31 heavy (non-hydrogen) atoms. The van der Waals surface area contributed by atoms with Gasteiger partial charge < -0.3 is 4.74 Å². The highest BCUT2D eigenvalue weighted by molar-refractivity contribution is 6.16. The zero-order valence-corrected chi connectivity index (χ0v) is 20.1. The minimum Gasteiger partial charge on any atom is -0.462 e. The molecule has 1 aromatic carbocycles. The molecule has 0 spiro atoms. The molecule has 0 aliphatic rings. The molecule has 1 rings (SSSR count). The predicted molar refractivity (Wildman–Crippen MR) is 136 cm³/mol. The Labute approximate surface area is 192 Å². The van der Waals surface area contributed by atoms with Gasteiger partial charge in [-0.25, -0.2) is 4.79 Å². The Morgan fingerprint density at radius 1 is 0.774 bits per heavy atom. The Hall–Kier alpha value is -1.83. The fraction of sp³-hybridized carbons (Fsp3) is 0.621. The standard InChI is InChI=1S/C29H46O2/c1-4-6-7-8-9-10-11-12-13-14-15-16-17-18-19-22-25-31-29(30)26(3)28-24-21-20-23-27(28)5-2/h5,20-21,23-24H,2-4,6-19,22,25H2,1H3. The highest BCUT2D eigenvalue weighted by Crippen LogP contribution is 2.20. The van der Waals surface area contributed by atoms with E-state index < -0.39 is 0 Å². The average molecular weight is 427 g/mol. The lowest BCUT2D eigenvalue weighted by atomic mass is 10.0. The van der Waals surface area contributed by atoms with E-state index in [0.717, 1.165) is 24.0 Å². The van der Waals surface area contributed by atoms with E-state index in [4.69, 9.17) is 4.74 Å². The fourth-order valence-electron chi connectivity index (χ4n) is 3.96. The molecule has 0 fully saturated rings. The number of rotatable bonds is 20. The van der Waals surface area contributed by atoms with E-state index in [1.165, 1.54) is 89.9 Å². The summed E-state index contributed by atoms with van der Waals surface area (Å²) in [6.07, 6.45) is 23.2. The van der Waals surface area contributed by atoms with Crippen molar-refractivity contribution in [3.63, 3.8) is 0 Å². The molecule has 0 aliphatic heterocycles. The van der Waals surface area contributed by atoms with Crippen LogP contribution in [-0.4, -0.2) is 12.6 Å². The third-order valence-electron chi connectivity index (χ3n) is 5.98. The summed E-state index contributed by atoms with van der Waals surface area (Å²) in [5.74, 6) is -0.324. The van der Waals surface area contributed by atoms with Crippen molar-refractivity contribution in [1.82, 2.24) is 0 Å². The maximum absolute atomic E-state index is 12.2. The van der Waals surface area contributed by atoms with Crippen molar-refractivity contribution in [2.24, 2.45) is 0 Å². The van der Waals surface area contributed by atoms with Crippen LogP contribution in [0.2, 0.25) is 0 Å². The van der Waals surface area contributed by atoms with Gasteiger partial charge in [0, 0.05) is 0 Å². The molecule has 1 aromatic rings. The third-order valence-corrected chi connectivity index (χ3v) is 5.98. The quantitative estimate of drug-likeness (QED) is 0.118. The lowest BCUT2D eigenvalue weighted by Gasteiger charge is -2.09. The highest BCUT2D eigenvalue weighted by atomic mass is 16.5. The summed E-state index contributed by atoms with van der Waals surface area (Å²) in [6.45, 7) is 10.5. The molecule has 0 atom stereocenters. The predicted octanol–water partition coefficient (Wildman–Crippen LogP) is 9.15. The van der Waals surface area contributed by atoms with Crippen LogP contribution in [0.15, 0.2) is 37.4 Å². The maximum atomic E-state index is 12.2. The van der Waals surface area contributed by atoms with Gasteiger partial charge in [-0.3, -0.25) is 0 Å². The Morgan fingerprint density at radius 2 is 1.23 bits per heavy atom. The highest BCUT2D eigenvalue weighted by Gasteiger charge is 2.13. The number of benzene rings is 1. The van der Waals surface area contributed by atoms with E-state index in [-0.39, 0.29) is 5.97 Å². The van der Waals surface area contributed by atoms with E-state index in [1.807, 2.05) is 24.3 Å². The molecule has 0 aromatic heterocycles. The van der Waals surface area contributed by atoms with Gasteiger partial charge in [0.15, 0.2) is 0 Å². The number of esters is 1. The summed E-state index contributed by atoms with van der Waals surface area (Å²) in [5, 5.41) is 0. The molecule has 2 nitrogen and oxygen atoms in total. The first kappa shape index (κ1) is 27.2. The molecule has 0 unspecified atom stereocenters. The summed E-state index contributed by atoms with van der Waals surface area (Å²) >= 11 is 0. The lowest BCUT2D eigenvalue weighted by Crippen LogP contribution is -2.08. The van der Waals surface area contributed by atoms with Gasteiger partial charge in [0.2, 0.25) is 0 Å². The monoisotopic (exact) mass is 426 g/mol. The second-order valence-corrected chi connectivity index (χ2v) is 8.71. The SMILES string of the molecule is C=Cc1ccccc1C(=C)C(=O)OCCCCCCCCCCCCCCCCCC. The van der Waals surface area contributed by atoms with Crippen molar-refractivity contribution in [3.8, 4) is 0 Å². The van der Waals surface area contributed by atoms with E-state index in [0.29, 0.717) is 12.2 Å². The van der Waals surface area contributed by atoms with Gasteiger partial charge in [-0.15, -0.1) is 0 Å². The number of carbonyl (C=O) groups excluding carboxylic acids is 1. The van der Waals surface area contributed by atoms with E-state index in [9.17, 15) is 4.79 Å². The van der Waals surface area contributed by atoms with Crippen LogP contribution in [-0.2, 0) is 9.53 Å². The molecule has 0 saturated heterocycles. The molecule has 2 heteroatoms. The largest absolute Gasteiger partial charge is 0.462 e. The molecule has 0 saturated carbocycles. The first-order valence-electron chi connectivity index (χ1n) is 12.8. The topological polar surface area (TPSA) is 26.3 Å². The second-order valence-electron chi connectivity index (χ2n) is 8.71. The van der Waals surface area contributed by atoms with Gasteiger partial charge in [0.1, 0.15) is 0 Å². The Morgan fingerprint density at radius 3 is 1.71 bits per heavy atom. The molecule has 0 aliphatic carbocycles. The van der Waals surface area contributed by atoms with Crippen molar-refractivity contribution < 1.29 is 9.53 Å². The van der Waals surface area contributed by atoms with E-state index in [2.05, 4.69) is 20.1 Å². The number of hydrogen-bond acceptors (Lipinski definition) is 2. The second kappa shape index (κ2) is 18.9. The van der Waals surface area contributed by atoms with Crippen molar-refractivity contribution in [3.05, 3.63) is 48.6 Å². The lowest BCUT2D eigenvalue weighted by molar-refractivity contribution is -0.136. The van der Waals surface area contributed by atoms with Gasteiger partial charge >= 0.3 is 5.97 Å². The van der Waals surface area contributed by atoms with Crippen LogP contribution in [0.5, 0.6) is 0 Å². The molecular formula is C29H46O2. The number of carbonyl (C=O) groups is 1. The third kappa shape index (κ3) is 13.2. The van der Waals surface area contributed by atoms with Gasteiger partial charge in [-0.2, -0.15) is 0 Å². The minimum atomic E-state index is -0.324.